The maximum Gasteiger partial charge on any atom is 0.222 e. The molecule has 2 aromatic rings. The Balaban J connectivity index is 1.61. The van der Waals surface area contributed by atoms with Gasteiger partial charge in [0.25, 0.3) is 0 Å². The number of hydrogen-bond donors (Lipinski definition) is 2. The second-order valence-electron chi connectivity index (χ2n) is 6.57. The number of carbonyl (C=O) groups is 1. The number of nitrogens with zero attached hydrogens (tertiary/aromatic N) is 2. The first kappa shape index (κ1) is 16.4. The molecule has 1 aliphatic rings. The SMILES string of the molecule is CC(=O)NC(C)Cc1ccc(-c2cnc(NC3CCC3)nc2)cc1. The third kappa shape index (κ3) is 4.31. The van der Waals surface area contributed by atoms with Crippen molar-refractivity contribution in [3.05, 3.63) is 42.2 Å². The molecule has 1 heterocycles. The molecule has 5 heteroatoms. The van der Waals surface area contributed by atoms with Crippen LogP contribution in [-0.2, 0) is 11.2 Å². The minimum atomic E-state index is 0.00636. The van der Waals surface area contributed by atoms with Gasteiger partial charge >= 0.3 is 0 Å². The third-order valence-corrected chi connectivity index (χ3v) is 4.37. The van der Waals surface area contributed by atoms with Crippen LogP contribution in [0.1, 0.15) is 38.7 Å². The van der Waals surface area contributed by atoms with Crippen molar-refractivity contribution in [1.29, 1.82) is 0 Å². The summed E-state index contributed by atoms with van der Waals surface area (Å²) in [6, 6.07) is 9.01. The molecular weight excluding hydrogens is 300 g/mol. The fourth-order valence-corrected chi connectivity index (χ4v) is 2.87. The van der Waals surface area contributed by atoms with E-state index < -0.39 is 0 Å². The zero-order valence-electron chi connectivity index (χ0n) is 14.2. The molecule has 1 aliphatic carbocycles. The molecule has 1 atom stereocenters. The first-order chi connectivity index (χ1) is 11.6. The van der Waals surface area contributed by atoms with Crippen LogP contribution in [0.15, 0.2) is 36.7 Å². The van der Waals surface area contributed by atoms with Gasteiger partial charge in [0, 0.05) is 37.0 Å². The highest BCUT2D eigenvalue weighted by Gasteiger charge is 2.17. The van der Waals surface area contributed by atoms with Gasteiger partial charge in [0.2, 0.25) is 11.9 Å². The van der Waals surface area contributed by atoms with Gasteiger partial charge in [0.1, 0.15) is 0 Å². The van der Waals surface area contributed by atoms with Gasteiger partial charge in [-0.05, 0) is 43.7 Å². The van der Waals surface area contributed by atoms with E-state index in [0.717, 1.165) is 17.5 Å². The maximum atomic E-state index is 11.1. The van der Waals surface area contributed by atoms with Crippen LogP contribution in [-0.4, -0.2) is 28.0 Å². The lowest BCUT2D eigenvalue weighted by atomic mass is 9.93. The van der Waals surface area contributed by atoms with Crippen molar-refractivity contribution in [2.75, 3.05) is 5.32 Å². The molecule has 1 fully saturated rings. The van der Waals surface area contributed by atoms with Crippen molar-refractivity contribution >= 4 is 11.9 Å². The third-order valence-electron chi connectivity index (χ3n) is 4.37. The van der Waals surface area contributed by atoms with Crippen LogP contribution in [0.4, 0.5) is 5.95 Å². The quantitative estimate of drug-likeness (QED) is 0.856. The molecule has 0 aliphatic heterocycles. The Morgan fingerprint density at radius 2 is 1.83 bits per heavy atom. The highest BCUT2D eigenvalue weighted by molar-refractivity contribution is 5.73. The molecule has 5 nitrogen and oxygen atoms in total. The zero-order valence-corrected chi connectivity index (χ0v) is 14.2. The predicted molar refractivity (Wildman–Crippen MR) is 95.7 cm³/mol. The number of hydrogen-bond acceptors (Lipinski definition) is 4. The van der Waals surface area contributed by atoms with E-state index in [1.165, 1.54) is 24.8 Å². The number of benzene rings is 1. The largest absolute Gasteiger partial charge is 0.354 e. The van der Waals surface area contributed by atoms with Gasteiger partial charge in [-0.3, -0.25) is 4.79 Å². The van der Waals surface area contributed by atoms with E-state index in [4.69, 9.17) is 0 Å². The summed E-state index contributed by atoms with van der Waals surface area (Å²) in [5.74, 6) is 0.719. The van der Waals surface area contributed by atoms with Crippen molar-refractivity contribution in [1.82, 2.24) is 15.3 Å². The number of aromatic nitrogens is 2. The van der Waals surface area contributed by atoms with Crippen molar-refractivity contribution < 1.29 is 4.79 Å². The Hall–Kier alpha value is -2.43. The van der Waals surface area contributed by atoms with E-state index in [1.54, 1.807) is 6.92 Å². The van der Waals surface area contributed by atoms with Crippen molar-refractivity contribution in [2.24, 2.45) is 0 Å². The Labute approximate surface area is 142 Å². The summed E-state index contributed by atoms with van der Waals surface area (Å²) < 4.78 is 0. The summed E-state index contributed by atoms with van der Waals surface area (Å²) in [4.78, 5) is 19.9. The average Bonchev–Trinajstić information content (AvgIpc) is 2.51. The summed E-state index contributed by atoms with van der Waals surface area (Å²) in [5.41, 5.74) is 3.31. The molecule has 126 valence electrons. The van der Waals surface area contributed by atoms with E-state index in [0.29, 0.717) is 12.0 Å². The number of nitrogens with one attached hydrogen (secondary N) is 2. The molecule has 1 amide bonds. The minimum Gasteiger partial charge on any atom is -0.354 e. The highest BCUT2D eigenvalue weighted by Crippen LogP contribution is 2.23. The maximum absolute atomic E-state index is 11.1. The topological polar surface area (TPSA) is 66.9 Å². The molecular formula is C19H24N4O. The number of rotatable bonds is 6. The second kappa shape index (κ2) is 7.43. The molecule has 24 heavy (non-hydrogen) atoms. The minimum absolute atomic E-state index is 0.00636. The van der Waals surface area contributed by atoms with Gasteiger partial charge in [0.15, 0.2) is 0 Å². The van der Waals surface area contributed by atoms with Crippen LogP contribution < -0.4 is 10.6 Å². The van der Waals surface area contributed by atoms with Gasteiger partial charge in [-0.25, -0.2) is 9.97 Å². The van der Waals surface area contributed by atoms with Crippen molar-refractivity contribution in [3.8, 4) is 11.1 Å². The van der Waals surface area contributed by atoms with E-state index in [2.05, 4.69) is 44.9 Å². The standard InChI is InChI=1S/C19H24N4O/c1-13(22-14(2)24)10-15-6-8-16(9-7-15)17-11-20-19(21-12-17)23-18-4-3-5-18/h6-9,11-13,18H,3-5,10H2,1-2H3,(H,22,24)(H,20,21,23). The van der Waals surface area contributed by atoms with Gasteiger partial charge in [-0.15, -0.1) is 0 Å². The monoisotopic (exact) mass is 324 g/mol. The van der Waals surface area contributed by atoms with Crippen LogP contribution in [0.5, 0.6) is 0 Å². The van der Waals surface area contributed by atoms with E-state index in [9.17, 15) is 4.79 Å². The fraction of sp³-hybridized carbons (Fsp3) is 0.421. The summed E-state index contributed by atoms with van der Waals surface area (Å²) in [7, 11) is 0. The molecule has 1 saturated carbocycles. The lowest BCUT2D eigenvalue weighted by Crippen LogP contribution is -2.31. The van der Waals surface area contributed by atoms with Crippen LogP contribution in [0.3, 0.4) is 0 Å². The van der Waals surface area contributed by atoms with E-state index >= 15 is 0 Å². The molecule has 2 N–H and O–H groups in total. The molecule has 0 saturated heterocycles. The molecule has 0 bridgehead atoms. The summed E-state index contributed by atoms with van der Waals surface area (Å²) in [5, 5.41) is 6.25. The molecule has 3 rings (SSSR count). The summed E-state index contributed by atoms with van der Waals surface area (Å²) in [6.45, 7) is 3.56. The predicted octanol–water partition coefficient (Wildman–Crippen LogP) is 3.18. The first-order valence-corrected chi connectivity index (χ1v) is 8.55. The zero-order chi connectivity index (χ0) is 16.9. The lowest BCUT2D eigenvalue weighted by molar-refractivity contribution is -0.119. The van der Waals surface area contributed by atoms with Gasteiger partial charge in [-0.2, -0.15) is 0 Å². The van der Waals surface area contributed by atoms with Crippen molar-refractivity contribution in [2.45, 2.75) is 51.6 Å². The Morgan fingerprint density at radius 3 is 2.38 bits per heavy atom. The molecule has 1 aromatic heterocycles. The summed E-state index contributed by atoms with van der Waals surface area (Å²) in [6.07, 6.45) is 8.27. The number of amides is 1. The van der Waals surface area contributed by atoms with Gasteiger partial charge in [0.05, 0.1) is 0 Å². The van der Waals surface area contributed by atoms with Gasteiger partial charge < -0.3 is 10.6 Å². The molecule has 0 radical (unpaired) electrons. The normalized spacial score (nSPS) is 15.4. The van der Waals surface area contributed by atoms with Crippen LogP contribution in [0, 0.1) is 0 Å². The Morgan fingerprint density at radius 1 is 1.17 bits per heavy atom. The fourth-order valence-electron chi connectivity index (χ4n) is 2.87. The van der Waals surface area contributed by atoms with Crippen LogP contribution in [0.25, 0.3) is 11.1 Å². The van der Waals surface area contributed by atoms with E-state index in [-0.39, 0.29) is 11.9 Å². The molecule has 0 spiro atoms. The van der Waals surface area contributed by atoms with Gasteiger partial charge in [-0.1, -0.05) is 24.3 Å². The van der Waals surface area contributed by atoms with Crippen molar-refractivity contribution in [3.63, 3.8) is 0 Å². The first-order valence-electron chi connectivity index (χ1n) is 8.55. The smallest absolute Gasteiger partial charge is 0.222 e. The van der Waals surface area contributed by atoms with E-state index in [1.807, 2.05) is 19.3 Å². The Bertz CT molecular complexity index is 678. The number of carbonyl (C=O) groups excluding carboxylic acids is 1. The summed E-state index contributed by atoms with van der Waals surface area (Å²) >= 11 is 0. The van der Waals surface area contributed by atoms with Crippen LogP contribution >= 0.6 is 0 Å². The lowest BCUT2D eigenvalue weighted by Gasteiger charge is -2.26. The average molecular weight is 324 g/mol. The Kier molecular flexibility index (Phi) is 5.08. The number of anilines is 1. The molecule has 1 unspecified atom stereocenters. The van der Waals surface area contributed by atoms with Crippen LogP contribution in [0.2, 0.25) is 0 Å². The highest BCUT2D eigenvalue weighted by atomic mass is 16.1. The second-order valence-corrected chi connectivity index (χ2v) is 6.57. The molecule has 1 aromatic carbocycles.